The monoisotopic (exact) mass is 287 g/mol. The standard InChI is InChI=1S/C15H23ClFNO/c1-3-7-18-14(11-19-8-4-2)10-12-9-13(16)5-6-15(12)17/h5-6,9,14,18H,3-4,7-8,10-11H2,1-2H3. The molecular formula is C15H23ClFNO. The lowest BCUT2D eigenvalue weighted by molar-refractivity contribution is 0.111. The van der Waals surface area contributed by atoms with Gasteiger partial charge in [0.2, 0.25) is 0 Å². The van der Waals surface area contributed by atoms with Gasteiger partial charge in [-0.2, -0.15) is 0 Å². The molecule has 108 valence electrons. The number of benzene rings is 1. The molecule has 2 nitrogen and oxygen atoms in total. The average molecular weight is 288 g/mol. The molecule has 1 aromatic rings. The Morgan fingerprint density at radius 1 is 1.32 bits per heavy atom. The summed E-state index contributed by atoms with van der Waals surface area (Å²) in [6, 6.07) is 4.81. The van der Waals surface area contributed by atoms with Gasteiger partial charge in [-0.25, -0.2) is 4.39 Å². The number of nitrogens with one attached hydrogen (secondary N) is 1. The van der Waals surface area contributed by atoms with E-state index in [2.05, 4.69) is 19.2 Å². The molecule has 0 aliphatic rings. The molecule has 4 heteroatoms. The Labute approximate surface area is 120 Å². The van der Waals surface area contributed by atoms with E-state index in [1.165, 1.54) is 6.07 Å². The third kappa shape index (κ3) is 6.37. The molecule has 0 saturated heterocycles. The summed E-state index contributed by atoms with van der Waals surface area (Å²) < 4.78 is 19.3. The van der Waals surface area contributed by atoms with Crippen LogP contribution < -0.4 is 5.32 Å². The molecule has 0 heterocycles. The summed E-state index contributed by atoms with van der Waals surface area (Å²) in [5.74, 6) is -0.205. The van der Waals surface area contributed by atoms with Crippen molar-refractivity contribution in [2.24, 2.45) is 0 Å². The molecule has 0 amide bonds. The van der Waals surface area contributed by atoms with Crippen molar-refractivity contribution in [3.8, 4) is 0 Å². The molecule has 1 atom stereocenters. The molecule has 0 saturated carbocycles. The summed E-state index contributed by atoms with van der Waals surface area (Å²) in [6.07, 6.45) is 2.63. The first-order chi connectivity index (χ1) is 9.17. The molecule has 0 aromatic heterocycles. The van der Waals surface area contributed by atoms with E-state index in [4.69, 9.17) is 16.3 Å². The molecule has 0 spiro atoms. The smallest absolute Gasteiger partial charge is 0.126 e. The van der Waals surface area contributed by atoms with Gasteiger partial charge in [-0.05, 0) is 49.6 Å². The molecule has 0 radical (unpaired) electrons. The first-order valence-corrected chi connectivity index (χ1v) is 7.30. The average Bonchev–Trinajstić information content (AvgIpc) is 2.40. The first-order valence-electron chi connectivity index (χ1n) is 6.92. The molecule has 1 aromatic carbocycles. The fourth-order valence-corrected chi connectivity index (χ4v) is 2.07. The highest BCUT2D eigenvalue weighted by atomic mass is 35.5. The van der Waals surface area contributed by atoms with Crippen molar-refractivity contribution in [3.63, 3.8) is 0 Å². The summed E-state index contributed by atoms with van der Waals surface area (Å²) in [7, 11) is 0. The molecule has 0 fully saturated rings. The maximum atomic E-state index is 13.7. The van der Waals surface area contributed by atoms with Gasteiger partial charge in [0.1, 0.15) is 5.82 Å². The Bertz CT molecular complexity index is 373. The number of hydrogen-bond acceptors (Lipinski definition) is 2. The quantitative estimate of drug-likeness (QED) is 0.697. The van der Waals surface area contributed by atoms with Gasteiger partial charge in [-0.15, -0.1) is 0 Å². The minimum absolute atomic E-state index is 0.125. The Kier molecular flexibility index (Phi) is 8.03. The maximum Gasteiger partial charge on any atom is 0.126 e. The fraction of sp³-hybridized carbons (Fsp3) is 0.600. The zero-order valence-electron chi connectivity index (χ0n) is 11.7. The summed E-state index contributed by atoms with van der Waals surface area (Å²) in [5.41, 5.74) is 0.640. The van der Waals surface area contributed by atoms with Crippen LogP contribution in [0.3, 0.4) is 0 Å². The van der Waals surface area contributed by atoms with Crippen LogP contribution in [0.1, 0.15) is 32.3 Å². The van der Waals surface area contributed by atoms with Gasteiger partial charge in [-0.1, -0.05) is 25.4 Å². The van der Waals surface area contributed by atoms with E-state index in [-0.39, 0.29) is 11.9 Å². The van der Waals surface area contributed by atoms with Gasteiger partial charge >= 0.3 is 0 Å². The third-order valence-electron chi connectivity index (χ3n) is 2.82. The van der Waals surface area contributed by atoms with E-state index < -0.39 is 0 Å². The van der Waals surface area contributed by atoms with Crippen molar-refractivity contribution in [1.29, 1.82) is 0 Å². The molecule has 1 N–H and O–H groups in total. The molecular weight excluding hydrogens is 265 g/mol. The van der Waals surface area contributed by atoms with Crippen LogP contribution in [0, 0.1) is 5.82 Å². The predicted molar refractivity (Wildman–Crippen MR) is 78.3 cm³/mol. The van der Waals surface area contributed by atoms with Crippen molar-refractivity contribution in [2.45, 2.75) is 39.2 Å². The zero-order chi connectivity index (χ0) is 14.1. The minimum Gasteiger partial charge on any atom is -0.380 e. The van der Waals surface area contributed by atoms with Crippen molar-refractivity contribution < 1.29 is 9.13 Å². The van der Waals surface area contributed by atoms with Gasteiger partial charge in [0.25, 0.3) is 0 Å². The highest BCUT2D eigenvalue weighted by Crippen LogP contribution is 2.16. The predicted octanol–water partition coefficient (Wildman–Crippen LogP) is 3.82. The van der Waals surface area contributed by atoms with Crippen molar-refractivity contribution in [1.82, 2.24) is 5.32 Å². The summed E-state index contributed by atoms with van der Waals surface area (Å²) >= 11 is 5.91. The van der Waals surface area contributed by atoms with Crippen molar-refractivity contribution >= 4 is 11.6 Å². The van der Waals surface area contributed by atoms with E-state index >= 15 is 0 Å². The maximum absolute atomic E-state index is 13.7. The van der Waals surface area contributed by atoms with E-state index in [9.17, 15) is 4.39 Å². The van der Waals surface area contributed by atoms with Gasteiger partial charge in [0.05, 0.1) is 6.61 Å². The fourth-order valence-electron chi connectivity index (χ4n) is 1.87. The minimum atomic E-state index is -0.205. The van der Waals surface area contributed by atoms with Gasteiger partial charge in [0, 0.05) is 17.7 Å². The van der Waals surface area contributed by atoms with Crippen LogP contribution in [0.5, 0.6) is 0 Å². The van der Waals surface area contributed by atoms with Crippen LogP contribution in [0.4, 0.5) is 4.39 Å². The normalized spacial score (nSPS) is 12.6. The zero-order valence-corrected chi connectivity index (χ0v) is 12.5. The summed E-state index contributed by atoms with van der Waals surface area (Å²) in [4.78, 5) is 0. The number of rotatable bonds is 9. The highest BCUT2D eigenvalue weighted by molar-refractivity contribution is 6.30. The van der Waals surface area contributed by atoms with Crippen molar-refractivity contribution in [3.05, 3.63) is 34.6 Å². The van der Waals surface area contributed by atoms with E-state index in [1.54, 1.807) is 12.1 Å². The Morgan fingerprint density at radius 2 is 2.11 bits per heavy atom. The lowest BCUT2D eigenvalue weighted by Gasteiger charge is -2.19. The van der Waals surface area contributed by atoms with Crippen LogP contribution in [-0.4, -0.2) is 25.8 Å². The second kappa shape index (κ2) is 9.29. The van der Waals surface area contributed by atoms with Crippen molar-refractivity contribution in [2.75, 3.05) is 19.8 Å². The van der Waals surface area contributed by atoms with Gasteiger partial charge in [-0.3, -0.25) is 0 Å². The second-order valence-electron chi connectivity index (χ2n) is 4.67. The lowest BCUT2D eigenvalue weighted by atomic mass is 10.1. The van der Waals surface area contributed by atoms with Crippen LogP contribution in [0.25, 0.3) is 0 Å². The van der Waals surface area contributed by atoms with Gasteiger partial charge in [0.15, 0.2) is 0 Å². The molecule has 0 aliphatic carbocycles. The van der Waals surface area contributed by atoms with Crippen LogP contribution in [-0.2, 0) is 11.2 Å². The lowest BCUT2D eigenvalue weighted by Crippen LogP contribution is -2.36. The highest BCUT2D eigenvalue weighted by Gasteiger charge is 2.12. The second-order valence-corrected chi connectivity index (χ2v) is 5.10. The van der Waals surface area contributed by atoms with Crippen LogP contribution in [0.2, 0.25) is 5.02 Å². The first kappa shape index (κ1) is 16.4. The number of halogens is 2. The SMILES string of the molecule is CCCNC(COCCC)Cc1cc(Cl)ccc1F. The summed E-state index contributed by atoms with van der Waals surface area (Å²) in [6.45, 7) is 6.42. The number of hydrogen-bond donors (Lipinski definition) is 1. The number of ether oxygens (including phenoxy) is 1. The topological polar surface area (TPSA) is 21.3 Å². The van der Waals surface area contributed by atoms with Crippen LogP contribution in [0.15, 0.2) is 18.2 Å². The largest absolute Gasteiger partial charge is 0.380 e. The Balaban J connectivity index is 2.61. The molecule has 0 bridgehead atoms. The Hall–Kier alpha value is -0.640. The molecule has 19 heavy (non-hydrogen) atoms. The van der Waals surface area contributed by atoms with Crippen LogP contribution >= 0.6 is 11.6 Å². The van der Waals surface area contributed by atoms with E-state index in [1.807, 2.05) is 0 Å². The third-order valence-corrected chi connectivity index (χ3v) is 3.06. The Morgan fingerprint density at radius 3 is 2.79 bits per heavy atom. The van der Waals surface area contributed by atoms with Gasteiger partial charge < -0.3 is 10.1 Å². The van der Waals surface area contributed by atoms with E-state index in [0.717, 1.165) is 26.0 Å². The van der Waals surface area contributed by atoms with E-state index in [0.29, 0.717) is 23.6 Å². The summed E-state index contributed by atoms with van der Waals surface area (Å²) in [5, 5.41) is 3.96. The molecule has 0 aliphatic heterocycles. The molecule has 1 rings (SSSR count). The molecule has 1 unspecified atom stereocenters.